The first-order valence-electron chi connectivity index (χ1n) is 7.91. The zero-order valence-electron chi connectivity index (χ0n) is 14.0. The molecule has 3 heteroatoms. The van der Waals surface area contributed by atoms with Gasteiger partial charge in [-0.2, -0.15) is 0 Å². The SMILES string of the molecule is Cc1cc(NC2(CN)CC(C)CC(C)(C)C2)cc(C)c1Br. The number of anilines is 1. The smallest absolute Gasteiger partial charge is 0.0503 e. The van der Waals surface area contributed by atoms with E-state index in [4.69, 9.17) is 5.73 Å². The van der Waals surface area contributed by atoms with E-state index < -0.39 is 0 Å². The molecule has 0 bridgehead atoms. The molecule has 0 aliphatic heterocycles. The average Bonchev–Trinajstić information content (AvgIpc) is 2.33. The molecule has 0 aromatic heterocycles. The van der Waals surface area contributed by atoms with Crippen molar-refractivity contribution in [2.75, 3.05) is 11.9 Å². The molecule has 1 aliphatic carbocycles. The molecule has 21 heavy (non-hydrogen) atoms. The van der Waals surface area contributed by atoms with Crippen molar-refractivity contribution >= 4 is 21.6 Å². The highest BCUT2D eigenvalue weighted by Crippen LogP contribution is 2.45. The third kappa shape index (κ3) is 3.81. The second-order valence-electron chi connectivity index (χ2n) is 7.89. The van der Waals surface area contributed by atoms with Crippen molar-refractivity contribution in [1.82, 2.24) is 0 Å². The van der Waals surface area contributed by atoms with Gasteiger partial charge >= 0.3 is 0 Å². The van der Waals surface area contributed by atoms with Gasteiger partial charge < -0.3 is 11.1 Å². The summed E-state index contributed by atoms with van der Waals surface area (Å²) in [6.07, 6.45) is 3.57. The van der Waals surface area contributed by atoms with E-state index in [1.54, 1.807) is 0 Å². The standard InChI is InChI=1S/C18H29BrN2/c1-12-8-17(4,5)10-18(9-12,11-20)21-15-6-13(2)16(19)14(3)7-15/h6-7,12,21H,8-11,20H2,1-5H3. The Bertz CT molecular complexity index is 501. The predicted octanol–water partition coefficient (Wildman–Crippen LogP) is 5.02. The zero-order valence-corrected chi connectivity index (χ0v) is 15.6. The van der Waals surface area contributed by atoms with Gasteiger partial charge in [-0.05, 0) is 67.7 Å². The highest BCUT2D eigenvalue weighted by atomic mass is 79.9. The van der Waals surface area contributed by atoms with Crippen LogP contribution in [-0.2, 0) is 0 Å². The minimum atomic E-state index is 0.0217. The minimum absolute atomic E-state index is 0.0217. The fourth-order valence-corrected chi connectivity index (χ4v) is 4.60. The molecule has 1 aromatic carbocycles. The van der Waals surface area contributed by atoms with Gasteiger partial charge in [-0.3, -0.25) is 0 Å². The second kappa shape index (κ2) is 5.92. The molecule has 0 radical (unpaired) electrons. The fourth-order valence-electron chi connectivity index (χ4n) is 4.37. The molecule has 118 valence electrons. The Balaban J connectivity index is 2.30. The maximum absolute atomic E-state index is 6.20. The van der Waals surface area contributed by atoms with Crippen LogP contribution in [0.3, 0.4) is 0 Å². The molecular weight excluding hydrogens is 324 g/mol. The Morgan fingerprint density at radius 3 is 2.29 bits per heavy atom. The van der Waals surface area contributed by atoms with E-state index in [-0.39, 0.29) is 5.54 Å². The third-order valence-corrected chi connectivity index (χ3v) is 5.94. The molecule has 2 unspecified atom stereocenters. The molecule has 2 rings (SSSR count). The van der Waals surface area contributed by atoms with Gasteiger partial charge in [0, 0.05) is 16.7 Å². The van der Waals surface area contributed by atoms with Crippen LogP contribution in [0.4, 0.5) is 5.69 Å². The number of halogens is 1. The number of rotatable bonds is 3. The Morgan fingerprint density at radius 1 is 1.24 bits per heavy atom. The molecule has 1 aliphatic rings. The maximum Gasteiger partial charge on any atom is 0.0503 e. The molecule has 0 amide bonds. The topological polar surface area (TPSA) is 38.0 Å². The summed E-state index contributed by atoms with van der Waals surface area (Å²) in [6.45, 7) is 12.1. The van der Waals surface area contributed by atoms with Crippen LogP contribution in [0, 0.1) is 25.2 Å². The van der Waals surface area contributed by atoms with E-state index in [1.165, 1.54) is 27.7 Å². The molecule has 0 spiro atoms. The van der Waals surface area contributed by atoms with Crippen molar-refractivity contribution in [3.8, 4) is 0 Å². The summed E-state index contributed by atoms with van der Waals surface area (Å²) in [6, 6.07) is 4.45. The van der Waals surface area contributed by atoms with Crippen LogP contribution in [0.15, 0.2) is 16.6 Å². The van der Waals surface area contributed by atoms with E-state index in [0.717, 1.165) is 12.8 Å². The summed E-state index contributed by atoms with van der Waals surface area (Å²) in [7, 11) is 0. The quantitative estimate of drug-likeness (QED) is 0.801. The van der Waals surface area contributed by atoms with Crippen LogP contribution in [0.1, 0.15) is 51.2 Å². The van der Waals surface area contributed by atoms with Crippen LogP contribution >= 0.6 is 15.9 Å². The van der Waals surface area contributed by atoms with Crippen LogP contribution < -0.4 is 11.1 Å². The molecule has 3 N–H and O–H groups in total. The van der Waals surface area contributed by atoms with E-state index in [1.807, 2.05) is 0 Å². The van der Waals surface area contributed by atoms with Gasteiger partial charge in [0.2, 0.25) is 0 Å². The lowest BCUT2D eigenvalue weighted by Gasteiger charge is -2.48. The molecule has 1 aromatic rings. The lowest BCUT2D eigenvalue weighted by Crippen LogP contribution is -2.52. The van der Waals surface area contributed by atoms with Gasteiger partial charge in [-0.15, -0.1) is 0 Å². The third-order valence-electron chi connectivity index (χ3n) is 4.69. The highest BCUT2D eigenvalue weighted by molar-refractivity contribution is 9.10. The molecule has 1 saturated carbocycles. The van der Waals surface area contributed by atoms with Crippen molar-refractivity contribution in [3.05, 3.63) is 27.7 Å². The van der Waals surface area contributed by atoms with Crippen LogP contribution in [0.5, 0.6) is 0 Å². The van der Waals surface area contributed by atoms with E-state index >= 15 is 0 Å². The molecule has 2 nitrogen and oxygen atoms in total. The summed E-state index contributed by atoms with van der Waals surface area (Å²) in [5, 5.41) is 3.79. The molecule has 2 atom stereocenters. The number of nitrogens with one attached hydrogen (secondary N) is 1. The summed E-state index contributed by atoms with van der Waals surface area (Å²) in [5.41, 5.74) is 10.3. The van der Waals surface area contributed by atoms with E-state index in [9.17, 15) is 0 Å². The van der Waals surface area contributed by atoms with Gasteiger partial charge in [-0.25, -0.2) is 0 Å². The Morgan fingerprint density at radius 2 is 1.81 bits per heavy atom. The first-order valence-corrected chi connectivity index (χ1v) is 8.71. The molecular formula is C18H29BrN2. The lowest BCUT2D eigenvalue weighted by molar-refractivity contribution is 0.125. The summed E-state index contributed by atoms with van der Waals surface area (Å²) in [5.74, 6) is 0.711. The van der Waals surface area contributed by atoms with Crippen molar-refractivity contribution in [2.24, 2.45) is 17.1 Å². The highest BCUT2D eigenvalue weighted by Gasteiger charge is 2.42. The first-order chi connectivity index (χ1) is 9.66. The Hall–Kier alpha value is -0.540. The zero-order chi connectivity index (χ0) is 15.8. The van der Waals surface area contributed by atoms with Gasteiger partial charge in [0.25, 0.3) is 0 Å². The van der Waals surface area contributed by atoms with E-state index in [2.05, 4.69) is 68.0 Å². The van der Waals surface area contributed by atoms with Crippen LogP contribution in [0.25, 0.3) is 0 Å². The second-order valence-corrected chi connectivity index (χ2v) is 8.68. The normalized spacial score (nSPS) is 28.4. The van der Waals surface area contributed by atoms with Crippen molar-refractivity contribution < 1.29 is 0 Å². The van der Waals surface area contributed by atoms with Crippen molar-refractivity contribution in [3.63, 3.8) is 0 Å². The number of aryl methyl sites for hydroxylation is 2. The monoisotopic (exact) mass is 352 g/mol. The molecule has 1 fully saturated rings. The first kappa shape index (κ1) is 16.8. The van der Waals surface area contributed by atoms with E-state index in [0.29, 0.717) is 17.9 Å². The summed E-state index contributed by atoms with van der Waals surface area (Å²) >= 11 is 3.64. The van der Waals surface area contributed by atoms with Crippen LogP contribution in [0.2, 0.25) is 0 Å². The van der Waals surface area contributed by atoms with Gasteiger partial charge in [0.1, 0.15) is 0 Å². The van der Waals surface area contributed by atoms with Crippen molar-refractivity contribution in [2.45, 2.75) is 59.4 Å². The van der Waals surface area contributed by atoms with Crippen molar-refractivity contribution in [1.29, 1.82) is 0 Å². The average molecular weight is 353 g/mol. The summed E-state index contributed by atoms with van der Waals surface area (Å²) in [4.78, 5) is 0. The Kier molecular flexibility index (Phi) is 4.75. The Labute approximate surface area is 138 Å². The number of hydrogen-bond acceptors (Lipinski definition) is 2. The van der Waals surface area contributed by atoms with Gasteiger partial charge in [0.15, 0.2) is 0 Å². The van der Waals surface area contributed by atoms with Gasteiger partial charge in [0.05, 0.1) is 5.54 Å². The lowest BCUT2D eigenvalue weighted by atomic mass is 9.64. The van der Waals surface area contributed by atoms with Crippen LogP contribution in [-0.4, -0.2) is 12.1 Å². The maximum atomic E-state index is 6.20. The molecule has 0 saturated heterocycles. The largest absolute Gasteiger partial charge is 0.378 e. The summed E-state index contributed by atoms with van der Waals surface area (Å²) < 4.78 is 1.20. The number of hydrogen-bond donors (Lipinski definition) is 2. The molecule has 0 heterocycles. The predicted molar refractivity (Wildman–Crippen MR) is 95.8 cm³/mol. The number of nitrogens with two attached hydrogens (primary N) is 1. The number of benzene rings is 1. The minimum Gasteiger partial charge on any atom is -0.378 e. The van der Waals surface area contributed by atoms with Gasteiger partial charge in [-0.1, -0.05) is 36.7 Å². The fraction of sp³-hybridized carbons (Fsp3) is 0.667.